The number of amidine groups is 1. The highest BCUT2D eigenvalue weighted by atomic mass is 16.5. The molecule has 1 rings (SSSR count). The minimum Gasteiger partial charge on any atom is -0.370 e. The van der Waals surface area contributed by atoms with E-state index in [0.717, 1.165) is 26.2 Å². The molecule has 1 atom stereocenters. The number of ether oxygens (including phenoxy) is 1. The summed E-state index contributed by atoms with van der Waals surface area (Å²) in [5.74, 6) is 1.03. The molecule has 1 saturated heterocycles. The summed E-state index contributed by atoms with van der Waals surface area (Å²) in [7, 11) is 2.13. The van der Waals surface area contributed by atoms with Gasteiger partial charge in [-0.05, 0) is 19.9 Å². The van der Waals surface area contributed by atoms with E-state index in [4.69, 9.17) is 10.1 Å². The van der Waals surface area contributed by atoms with Crippen molar-refractivity contribution in [3.8, 4) is 0 Å². The molecular formula is C12H25N3O. The van der Waals surface area contributed by atoms with Crippen molar-refractivity contribution < 1.29 is 4.74 Å². The van der Waals surface area contributed by atoms with Gasteiger partial charge >= 0.3 is 0 Å². The highest BCUT2D eigenvalue weighted by molar-refractivity contribution is 5.84. The highest BCUT2D eigenvalue weighted by Gasteiger charge is 2.25. The first-order valence-electron chi connectivity index (χ1n) is 6.19. The SMILES string of the molecule is CCOC(C(=N)N1CCN(C)CC1)C(C)C. The van der Waals surface area contributed by atoms with Crippen LogP contribution in [0.1, 0.15) is 20.8 Å². The summed E-state index contributed by atoms with van der Waals surface area (Å²) < 4.78 is 5.67. The van der Waals surface area contributed by atoms with Gasteiger partial charge in [-0.15, -0.1) is 0 Å². The summed E-state index contributed by atoms with van der Waals surface area (Å²) in [6.45, 7) is 10.9. The van der Waals surface area contributed by atoms with E-state index >= 15 is 0 Å². The molecule has 1 heterocycles. The van der Waals surface area contributed by atoms with Crippen LogP contribution in [0.5, 0.6) is 0 Å². The Labute approximate surface area is 99.1 Å². The average molecular weight is 227 g/mol. The van der Waals surface area contributed by atoms with Crippen LogP contribution in [0.2, 0.25) is 0 Å². The fraction of sp³-hybridized carbons (Fsp3) is 0.917. The molecule has 1 unspecified atom stereocenters. The van der Waals surface area contributed by atoms with Crippen LogP contribution >= 0.6 is 0 Å². The molecule has 0 aliphatic carbocycles. The first kappa shape index (κ1) is 13.5. The number of nitrogens with zero attached hydrogens (tertiary/aromatic N) is 2. The summed E-state index contributed by atoms with van der Waals surface area (Å²) >= 11 is 0. The Balaban J connectivity index is 2.53. The molecule has 16 heavy (non-hydrogen) atoms. The Morgan fingerprint density at radius 1 is 1.25 bits per heavy atom. The Bertz CT molecular complexity index is 222. The van der Waals surface area contributed by atoms with Gasteiger partial charge in [0.05, 0.1) is 0 Å². The van der Waals surface area contributed by atoms with E-state index in [1.807, 2.05) is 6.92 Å². The van der Waals surface area contributed by atoms with Gasteiger partial charge in [-0.1, -0.05) is 13.8 Å². The lowest BCUT2D eigenvalue weighted by molar-refractivity contribution is 0.0643. The predicted molar refractivity (Wildman–Crippen MR) is 67.0 cm³/mol. The number of piperazine rings is 1. The van der Waals surface area contributed by atoms with Gasteiger partial charge in [-0.3, -0.25) is 5.41 Å². The van der Waals surface area contributed by atoms with Crippen LogP contribution in [0.15, 0.2) is 0 Å². The lowest BCUT2D eigenvalue weighted by Gasteiger charge is -2.37. The zero-order valence-corrected chi connectivity index (χ0v) is 11.0. The van der Waals surface area contributed by atoms with Crippen molar-refractivity contribution >= 4 is 5.84 Å². The third-order valence-electron chi connectivity index (χ3n) is 3.07. The van der Waals surface area contributed by atoms with Gasteiger partial charge < -0.3 is 14.5 Å². The zero-order valence-electron chi connectivity index (χ0n) is 11.0. The number of rotatable bonds is 4. The zero-order chi connectivity index (χ0) is 12.1. The van der Waals surface area contributed by atoms with E-state index in [9.17, 15) is 0 Å². The summed E-state index contributed by atoms with van der Waals surface area (Å²) in [5, 5.41) is 8.22. The third kappa shape index (κ3) is 3.46. The maximum Gasteiger partial charge on any atom is 0.126 e. The standard InChI is InChI=1S/C12H25N3O/c1-5-16-11(10(2)3)12(13)15-8-6-14(4)7-9-15/h10-11,13H,5-9H2,1-4H3. The maximum absolute atomic E-state index is 8.22. The first-order valence-corrected chi connectivity index (χ1v) is 6.19. The Hall–Kier alpha value is -0.610. The quantitative estimate of drug-likeness (QED) is 0.581. The van der Waals surface area contributed by atoms with Crippen molar-refractivity contribution in [3.05, 3.63) is 0 Å². The van der Waals surface area contributed by atoms with Gasteiger partial charge in [-0.2, -0.15) is 0 Å². The van der Waals surface area contributed by atoms with Gasteiger partial charge in [0.2, 0.25) is 0 Å². The van der Waals surface area contributed by atoms with E-state index in [1.54, 1.807) is 0 Å². The molecule has 1 fully saturated rings. The number of hydrogen-bond acceptors (Lipinski definition) is 3. The summed E-state index contributed by atoms with van der Waals surface area (Å²) in [6, 6.07) is 0. The fourth-order valence-corrected chi connectivity index (χ4v) is 1.99. The van der Waals surface area contributed by atoms with Crippen molar-refractivity contribution in [2.45, 2.75) is 26.9 Å². The Morgan fingerprint density at radius 3 is 2.25 bits per heavy atom. The Kier molecular flexibility index (Phi) is 5.22. The van der Waals surface area contributed by atoms with Gasteiger partial charge in [-0.25, -0.2) is 0 Å². The molecule has 0 aromatic carbocycles. The molecule has 0 saturated carbocycles. The molecule has 0 aromatic rings. The summed E-state index contributed by atoms with van der Waals surface area (Å²) in [5.41, 5.74) is 0. The van der Waals surface area contributed by atoms with Crippen LogP contribution in [0, 0.1) is 11.3 Å². The van der Waals surface area contributed by atoms with Crippen LogP contribution in [0.3, 0.4) is 0 Å². The molecule has 1 aliphatic heterocycles. The second kappa shape index (κ2) is 6.21. The average Bonchev–Trinajstić information content (AvgIpc) is 2.25. The molecule has 0 amide bonds. The molecule has 0 aromatic heterocycles. The highest BCUT2D eigenvalue weighted by Crippen LogP contribution is 2.12. The molecule has 1 aliphatic rings. The summed E-state index contributed by atoms with van der Waals surface area (Å²) in [6.07, 6.45) is -0.0478. The second-order valence-electron chi connectivity index (χ2n) is 4.80. The van der Waals surface area contributed by atoms with Crippen molar-refractivity contribution in [1.29, 1.82) is 5.41 Å². The maximum atomic E-state index is 8.22. The van der Waals surface area contributed by atoms with Crippen LogP contribution in [-0.2, 0) is 4.74 Å². The summed E-state index contributed by atoms with van der Waals surface area (Å²) in [4.78, 5) is 4.45. The normalized spacial score (nSPS) is 20.2. The van der Waals surface area contributed by atoms with E-state index < -0.39 is 0 Å². The van der Waals surface area contributed by atoms with Crippen molar-refractivity contribution in [1.82, 2.24) is 9.80 Å². The smallest absolute Gasteiger partial charge is 0.126 e. The minimum absolute atomic E-state index is 0.0478. The number of likely N-dealkylation sites (N-methyl/N-ethyl adjacent to an activating group) is 1. The molecule has 4 nitrogen and oxygen atoms in total. The van der Waals surface area contributed by atoms with E-state index in [2.05, 4.69) is 30.7 Å². The first-order chi connectivity index (χ1) is 7.56. The van der Waals surface area contributed by atoms with Gasteiger partial charge in [0.1, 0.15) is 11.9 Å². The fourth-order valence-electron chi connectivity index (χ4n) is 1.99. The van der Waals surface area contributed by atoms with Gasteiger partial charge in [0.15, 0.2) is 0 Å². The Morgan fingerprint density at radius 2 is 1.81 bits per heavy atom. The van der Waals surface area contributed by atoms with Gasteiger partial charge in [0, 0.05) is 32.8 Å². The molecule has 1 N–H and O–H groups in total. The van der Waals surface area contributed by atoms with Crippen LogP contribution in [0.25, 0.3) is 0 Å². The topological polar surface area (TPSA) is 39.6 Å². The molecule has 0 bridgehead atoms. The molecule has 0 spiro atoms. The second-order valence-corrected chi connectivity index (χ2v) is 4.80. The van der Waals surface area contributed by atoms with E-state index in [0.29, 0.717) is 18.4 Å². The largest absolute Gasteiger partial charge is 0.370 e. The van der Waals surface area contributed by atoms with Crippen LogP contribution in [-0.4, -0.2) is 61.6 Å². The minimum atomic E-state index is -0.0478. The number of hydrogen-bond donors (Lipinski definition) is 1. The van der Waals surface area contributed by atoms with Crippen molar-refractivity contribution in [2.24, 2.45) is 5.92 Å². The lowest BCUT2D eigenvalue weighted by Crippen LogP contribution is -2.51. The van der Waals surface area contributed by atoms with Crippen molar-refractivity contribution in [2.75, 3.05) is 39.8 Å². The molecular weight excluding hydrogens is 202 g/mol. The monoisotopic (exact) mass is 227 g/mol. The molecule has 4 heteroatoms. The van der Waals surface area contributed by atoms with Crippen molar-refractivity contribution in [3.63, 3.8) is 0 Å². The molecule has 0 radical (unpaired) electrons. The van der Waals surface area contributed by atoms with E-state index in [-0.39, 0.29) is 6.10 Å². The third-order valence-corrected chi connectivity index (χ3v) is 3.07. The van der Waals surface area contributed by atoms with E-state index in [1.165, 1.54) is 0 Å². The van der Waals surface area contributed by atoms with Crippen LogP contribution in [0.4, 0.5) is 0 Å². The molecule has 94 valence electrons. The van der Waals surface area contributed by atoms with Gasteiger partial charge in [0.25, 0.3) is 0 Å². The lowest BCUT2D eigenvalue weighted by atomic mass is 10.1. The predicted octanol–water partition coefficient (Wildman–Crippen LogP) is 1.27. The van der Waals surface area contributed by atoms with Crippen LogP contribution < -0.4 is 0 Å². The number of nitrogens with one attached hydrogen (secondary N) is 1.